The van der Waals surface area contributed by atoms with Crippen LogP contribution in [-0.4, -0.2) is 22.6 Å². The summed E-state index contributed by atoms with van der Waals surface area (Å²) in [6.07, 6.45) is 5.95. The Kier molecular flexibility index (Phi) is 2.46. The normalized spacial score (nSPS) is 32.9. The van der Waals surface area contributed by atoms with E-state index in [4.69, 9.17) is 0 Å². The largest absolute Gasteiger partial charge is 0.311 e. The van der Waals surface area contributed by atoms with Gasteiger partial charge < -0.3 is 5.32 Å². The summed E-state index contributed by atoms with van der Waals surface area (Å²) in [7, 11) is 0. The van der Waals surface area contributed by atoms with Crippen LogP contribution in [0.25, 0.3) is 0 Å². The number of nitrogens with one attached hydrogen (secondary N) is 1. The van der Waals surface area contributed by atoms with Crippen LogP contribution in [-0.2, 0) is 5.67 Å². The number of aromatic nitrogens is 2. The Morgan fingerprint density at radius 3 is 2.79 bits per heavy atom. The van der Waals surface area contributed by atoms with Gasteiger partial charge in [0.05, 0.1) is 0 Å². The SMILES string of the molecule is CC1CCC(F)(c2cncnc2)CN1. The Bertz CT molecular complexity index is 293. The molecule has 0 aliphatic carbocycles. The van der Waals surface area contributed by atoms with Gasteiger partial charge in [-0.3, -0.25) is 0 Å². The second-order valence-corrected chi connectivity index (χ2v) is 3.91. The molecule has 1 aliphatic rings. The summed E-state index contributed by atoms with van der Waals surface area (Å²) in [6, 6.07) is 0.406. The molecule has 1 saturated heterocycles. The molecule has 1 aromatic rings. The van der Waals surface area contributed by atoms with Crippen molar-refractivity contribution < 1.29 is 4.39 Å². The van der Waals surface area contributed by atoms with E-state index in [2.05, 4.69) is 22.2 Å². The Hall–Kier alpha value is -1.03. The van der Waals surface area contributed by atoms with Crippen LogP contribution >= 0.6 is 0 Å². The van der Waals surface area contributed by atoms with Crippen molar-refractivity contribution in [2.75, 3.05) is 6.54 Å². The maximum absolute atomic E-state index is 14.3. The van der Waals surface area contributed by atoms with Crippen LogP contribution < -0.4 is 5.32 Å². The van der Waals surface area contributed by atoms with Crippen molar-refractivity contribution in [1.29, 1.82) is 0 Å². The third kappa shape index (κ3) is 1.75. The lowest BCUT2D eigenvalue weighted by Crippen LogP contribution is -2.44. The molecule has 0 amide bonds. The van der Waals surface area contributed by atoms with E-state index < -0.39 is 5.67 Å². The minimum atomic E-state index is -1.28. The van der Waals surface area contributed by atoms with Crippen LogP contribution in [0.15, 0.2) is 18.7 Å². The summed E-state index contributed by atoms with van der Waals surface area (Å²) in [5.41, 5.74) is -0.701. The molecule has 2 rings (SSSR count). The molecule has 76 valence electrons. The molecule has 4 heteroatoms. The first kappa shape index (κ1) is 9.52. The van der Waals surface area contributed by atoms with Gasteiger partial charge in [0.2, 0.25) is 0 Å². The number of alkyl halides is 1. The van der Waals surface area contributed by atoms with Crippen LogP contribution in [0.1, 0.15) is 25.3 Å². The van der Waals surface area contributed by atoms with E-state index in [1.807, 2.05) is 0 Å². The molecular formula is C10H14FN3. The molecule has 2 atom stereocenters. The molecule has 0 saturated carbocycles. The van der Waals surface area contributed by atoms with Gasteiger partial charge in [0.25, 0.3) is 0 Å². The Balaban J connectivity index is 2.17. The minimum absolute atomic E-state index is 0.363. The van der Waals surface area contributed by atoms with Gasteiger partial charge in [0, 0.05) is 30.5 Å². The van der Waals surface area contributed by atoms with Crippen molar-refractivity contribution in [2.45, 2.75) is 31.5 Å². The van der Waals surface area contributed by atoms with Gasteiger partial charge >= 0.3 is 0 Å². The average Bonchev–Trinajstić information content (AvgIpc) is 2.24. The zero-order chi connectivity index (χ0) is 10.0. The smallest absolute Gasteiger partial charge is 0.151 e. The highest BCUT2D eigenvalue weighted by molar-refractivity contribution is 5.16. The fourth-order valence-electron chi connectivity index (χ4n) is 1.75. The number of halogens is 1. The van der Waals surface area contributed by atoms with E-state index in [9.17, 15) is 4.39 Å². The molecule has 1 aromatic heterocycles. The summed E-state index contributed by atoms with van der Waals surface area (Å²) in [4.78, 5) is 7.69. The third-order valence-electron chi connectivity index (χ3n) is 2.78. The maximum Gasteiger partial charge on any atom is 0.151 e. The van der Waals surface area contributed by atoms with E-state index >= 15 is 0 Å². The van der Waals surface area contributed by atoms with E-state index in [0.717, 1.165) is 6.42 Å². The summed E-state index contributed by atoms with van der Waals surface area (Å²) >= 11 is 0. The quantitative estimate of drug-likeness (QED) is 0.736. The molecule has 2 unspecified atom stereocenters. The standard InChI is InChI=1S/C10H14FN3/c1-8-2-3-10(11,6-14-8)9-4-12-7-13-5-9/h4-5,7-8,14H,2-3,6H2,1H3. The van der Waals surface area contributed by atoms with Crippen molar-refractivity contribution >= 4 is 0 Å². The summed E-state index contributed by atoms with van der Waals surface area (Å²) in [5, 5.41) is 3.14. The highest BCUT2D eigenvalue weighted by atomic mass is 19.1. The first-order valence-corrected chi connectivity index (χ1v) is 4.88. The minimum Gasteiger partial charge on any atom is -0.311 e. The van der Waals surface area contributed by atoms with E-state index in [0.29, 0.717) is 24.6 Å². The predicted molar refractivity (Wildman–Crippen MR) is 51.5 cm³/mol. The van der Waals surface area contributed by atoms with Gasteiger partial charge in [-0.05, 0) is 19.8 Å². The maximum atomic E-state index is 14.3. The van der Waals surface area contributed by atoms with Crippen LogP contribution in [0.5, 0.6) is 0 Å². The first-order valence-electron chi connectivity index (χ1n) is 4.88. The monoisotopic (exact) mass is 195 g/mol. The van der Waals surface area contributed by atoms with E-state index in [1.165, 1.54) is 6.33 Å². The lowest BCUT2D eigenvalue weighted by atomic mass is 9.88. The molecule has 0 aromatic carbocycles. The summed E-state index contributed by atoms with van der Waals surface area (Å²) in [6.45, 7) is 2.43. The molecule has 14 heavy (non-hydrogen) atoms. The van der Waals surface area contributed by atoms with Gasteiger partial charge in [-0.1, -0.05) is 0 Å². The summed E-state index contributed by atoms with van der Waals surface area (Å²) < 4.78 is 14.3. The second-order valence-electron chi connectivity index (χ2n) is 3.91. The molecule has 1 aliphatic heterocycles. The molecule has 0 radical (unpaired) electrons. The summed E-state index contributed by atoms with van der Waals surface area (Å²) in [5.74, 6) is 0. The lowest BCUT2D eigenvalue weighted by molar-refractivity contribution is 0.105. The van der Waals surface area contributed by atoms with Crippen LogP contribution in [0.4, 0.5) is 4.39 Å². The van der Waals surface area contributed by atoms with Crippen molar-refractivity contribution in [3.8, 4) is 0 Å². The van der Waals surface area contributed by atoms with Crippen molar-refractivity contribution in [3.05, 3.63) is 24.3 Å². The fraction of sp³-hybridized carbons (Fsp3) is 0.600. The highest BCUT2D eigenvalue weighted by Crippen LogP contribution is 2.32. The number of hydrogen-bond donors (Lipinski definition) is 1. The fourth-order valence-corrected chi connectivity index (χ4v) is 1.75. The first-order chi connectivity index (χ1) is 6.71. The predicted octanol–water partition coefficient (Wildman–Crippen LogP) is 1.41. The zero-order valence-electron chi connectivity index (χ0n) is 8.20. The second kappa shape index (κ2) is 3.61. The van der Waals surface area contributed by atoms with Gasteiger partial charge in [-0.25, -0.2) is 14.4 Å². The van der Waals surface area contributed by atoms with Gasteiger partial charge in [-0.2, -0.15) is 0 Å². The molecule has 1 N–H and O–H groups in total. The molecular weight excluding hydrogens is 181 g/mol. The Morgan fingerprint density at radius 2 is 2.21 bits per heavy atom. The molecule has 1 fully saturated rings. The van der Waals surface area contributed by atoms with Crippen LogP contribution in [0.2, 0.25) is 0 Å². The third-order valence-corrected chi connectivity index (χ3v) is 2.78. The van der Waals surface area contributed by atoms with Crippen molar-refractivity contribution in [3.63, 3.8) is 0 Å². The van der Waals surface area contributed by atoms with Gasteiger partial charge in [0.15, 0.2) is 5.67 Å². The molecule has 2 heterocycles. The zero-order valence-corrected chi connectivity index (χ0v) is 8.20. The highest BCUT2D eigenvalue weighted by Gasteiger charge is 2.36. The number of hydrogen-bond acceptors (Lipinski definition) is 3. The lowest BCUT2D eigenvalue weighted by Gasteiger charge is -2.33. The van der Waals surface area contributed by atoms with Crippen LogP contribution in [0, 0.1) is 0 Å². The van der Waals surface area contributed by atoms with Crippen LogP contribution in [0.3, 0.4) is 0 Å². The molecule has 0 bridgehead atoms. The van der Waals surface area contributed by atoms with Crippen molar-refractivity contribution in [2.24, 2.45) is 0 Å². The topological polar surface area (TPSA) is 37.8 Å². The number of rotatable bonds is 1. The van der Waals surface area contributed by atoms with Crippen molar-refractivity contribution in [1.82, 2.24) is 15.3 Å². The Morgan fingerprint density at radius 1 is 1.50 bits per heavy atom. The van der Waals surface area contributed by atoms with Gasteiger partial charge in [0.1, 0.15) is 6.33 Å². The number of piperidine rings is 1. The van der Waals surface area contributed by atoms with E-state index in [-0.39, 0.29) is 0 Å². The number of nitrogens with zero attached hydrogens (tertiary/aromatic N) is 2. The van der Waals surface area contributed by atoms with Gasteiger partial charge in [-0.15, -0.1) is 0 Å². The molecule has 3 nitrogen and oxygen atoms in total. The average molecular weight is 195 g/mol. The van der Waals surface area contributed by atoms with E-state index in [1.54, 1.807) is 12.4 Å². The Labute approximate surface area is 82.8 Å². The molecule has 0 spiro atoms.